The highest BCUT2D eigenvalue weighted by Crippen LogP contribution is 2.25. The van der Waals surface area contributed by atoms with E-state index in [4.69, 9.17) is 5.11 Å². The molecule has 2 rings (SSSR count). The molecule has 3 nitrogen and oxygen atoms in total. The van der Waals surface area contributed by atoms with Gasteiger partial charge in [0.1, 0.15) is 0 Å². The van der Waals surface area contributed by atoms with E-state index in [1.807, 2.05) is 0 Å². The van der Waals surface area contributed by atoms with Crippen LogP contribution >= 0.6 is 0 Å². The van der Waals surface area contributed by atoms with Gasteiger partial charge in [-0.3, -0.25) is 4.79 Å². The molecule has 0 saturated heterocycles. The number of nitrogens with zero attached hydrogens (tertiary/aromatic N) is 1. The third-order valence-electron chi connectivity index (χ3n) is 3.07. The third-order valence-corrected chi connectivity index (χ3v) is 3.07. The van der Waals surface area contributed by atoms with Gasteiger partial charge in [-0.2, -0.15) is 13.2 Å². The van der Waals surface area contributed by atoms with E-state index < -0.39 is 18.6 Å². The van der Waals surface area contributed by atoms with Crippen molar-refractivity contribution < 1.29 is 23.1 Å². The van der Waals surface area contributed by atoms with Crippen molar-refractivity contribution in [2.75, 3.05) is 0 Å². The van der Waals surface area contributed by atoms with Gasteiger partial charge in [-0.15, -0.1) is 0 Å². The van der Waals surface area contributed by atoms with Crippen LogP contribution in [-0.4, -0.2) is 21.8 Å². The minimum Gasteiger partial charge on any atom is -0.481 e. The maximum atomic E-state index is 12.2. The number of benzene rings is 1. The van der Waals surface area contributed by atoms with Crippen molar-refractivity contribution in [1.29, 1.82) is 0 Å². The number of para-hydroxylation sites is 1. The average Bonchev–Trinajstić information content (AvgIpc) is 2.66. The van der Waals surface area contributed by atoms with Crippen molar-refractivity contribution in [1.82, 2.24) is 4.57 Å². The maximum Gasteiger partial charge on any atom is 0.389 e. The third kappa shape index (κ3) is 3.53. The molecule has 108 valence electrons. The molecular formula is C14H14F3NO2. The molecule has 0 amide bonds. The molecule has 1 aromatic heterocycles. The zero-order valence-corrected chi connectivity index (χ0v) is 10.7. The Kier molecular flexibility index (Phi) is 4.01. The van der Waals surface area contributed by atoms with Gasteiger partial charge in [-0.25, -0.2) is 0 Å². The minimum absolute atomic E-state index is 0.0192. The summed E-state index contributed by atoms with van der Waals surface area (Å²) in [5, 5.41) is 9.64. The zero-order valence-electron chi connectivity index (χ0n) is 10.7. The summed E-state index contributed by atoms with van der Waals surface area (Å²) in [5.41, 5.74) is 1.39. The number of rotatable bonds is 5. The fourth-order valence-electron chi connectivity index (χ4n) is 2.26. The molecule has 0 radical (unpaired) electrons. The first-order chi connectivity index (χ1) is 9.37. The van der Waals surface area contributed by atoms with Crippen LogP contribution in [0.1, 0.15) is 18.4 Å². The number of aromatic nitrogens is 1. The average molecular weight is 285 g/mol. The van der Waals surface area contributed by atoms with Crippen LogP contribution in [0.2, 0.25) is 0 Å². The summed E-state index contributed by atoms with van der Waals surface area (Å²) in [6.45, 7) is 0.222. The molecule has 0 saturated carbocycles. The van der Waals surface area contributed by atoms with Gasteiger partial charge >= 0.3 is 12.1 Å². The molecule has 20 heavy (non-hydrogen) atoms. The highest BCUT2D eigenvalue weighted by Gasteiger charge is 2.26. The number of aryl methyl sites for hydroxylation is 1. The molecule has 1 N–H and O–H groups in total. The topological polar surface area (TPSA) is 42.2 Å². The molecule has 0 bridgehead atoms. The number of alkyl halides is 3. The number of aliphatic carboxylic acids is 1. The Balaban J connectivity index is 2.22. The number of carbonyl (C=O) groups is 1. The van der Waals surface area contributed by atoms with Gasteiger partial charge < -0.3 is 9.67 Å². The monoisotopic (exact) mass is 285 g/mol. The number of carboxylic acid groups (broad SMARTS) is 1. The summed E-state index contributed by atoms with van der Waals surface area (Å²) in [7, 11) is 0. The van der Waals surface area contributed by atoms with Crippen LogP contribution in [0.15, 0.2) is 30.5 Å². The standard InChI is InChI=1S/C14H14F3NO2/c15-14(16,17)6-3-7-18-9-10(8-13(19)20)11-4-1-2-5-12(11)18/h1-2,4-5,9H,3,6-8H2,(H,19,20). The largest absolute Gasteiger partial charge is 0.481 e. The zero-order chi connectivity index (χ0) is 14.8. The summed E-state index contributed by atoms with van der Waals surface area (Å²) in [6.07, 6.45) is -3.52. The molecule has 1 heterocycles. The van der Waals surface area contributed by atoms with Crippen LogP contribution in [0.25, 0.3) is 10.9 Å². The van der Waals surface area contributed by atoms with Crippen molar-refractivity contribution in [3.8, 4) is 0 Å². The molecule has 0 aliphatic rings. The molecule has 2 aromatic rings. The van der Waals surface area contributed by atoms with Crippen molar-refractivity contribution >= 4 is 16.9 Å². The number of carboxylic acids is 1. The molecule has 1 aromatic carbocycles. The lowest BCUT2D eigenvalue weighted by atomic mass is 10.1. The summed E-state index contributed by atoms with van der Waals surface area (Å²) in [6, 6.07) is 7.14. The van der Waals surface area contributed by atoms with E-state index in [0.29, 0.717) is 5.56 Å². The molecule has 0 fully saturated rings. The van der Waals surface area contributed by atoms with E-state index in [1.54, 1.807) is 35.0 Å². The Hall–Kier alpha value is -1.98. The Morgan fingerprint density at radius 3 is 2.60 bits per heavy atom. The second-order valence-corrected chi connectivity index (χ2v) is 4.65. The van der Waals surface area contributed by atoms with E-state index >= 15 is 0 Å². The van der Waals surface area contributed by atoms with Gasteiger partial charge in [0.25, 0.3) is 0 Å². The fraction of sp³-hybridized carbons (Fsp3) is 0.357. The first-order valence-electron chi connectivity index (χ1n) is 6.22. The highest BCUT2D eigenvalue weighted by molar-refractivity contribution is 5.87. The van der Waals surface area contributed by atoms with E-state index in [9.17, 15) is 18.0 Å². The van der Waals surface area contributed by atoms with Crippen molar-refractivity contribution in [3.63, 3.8) is 0 Å². The highest BCUT2D eigenvalue weighted by atomic mass is 19.4. The van der Waals surface area contributed by atoms with Gasteiger partial charge in [-0.05, 0) is 18.1 Å². The van der Waals surface area contributed by atoms with Crippen LogP contribution in [0.4, 0.5) is 13.2 Å². The summed E-state index contributed by atoms with van der Waals surface area (Å²) in [4.78, 5) is 10.8. The van der Waals surface area contributed by atoms with Gasteiger partial charge in [0.05, 0.1) is 6.42 Å². The van der Waals surface area contributed by atoms with Crippen molar-refractivity contribution in [2.45, 2.75) is 32.0 Å². The second kappa shape index (κ2) is 5.56. The van der Waals surface area contributed by atoms with Crippen LogP contribution in [0.3, 0.4) is 0 Å². The predicted octanol–water partition coefficient (Wildman–Crippen LogP) is 3.61. The van der Waals surface area contributed by atoms with Crippen LogP contribution in [0.5, 0.6) is 0 Å². The first-order valence-corrected chi connectivity index (χ1v) is 6.22. The SMILES string of the molecule is O=C(O)Cc1cn(CCCC(F)(F)F)c2ccccc12. The smallest absolute Gasteiger partial charge is 0.389 e. The number of hydrogen-bond acceptors (Lipinski definition) is 1. The molecule has 0 atom stereocenters. The molecular weight excluding hydrogens is 271 g/mol. The van der Waals surface area contributed by atoms with E-state index in [2.05, 4.69) is 0 Å². The summed E-state index contributed by atoms with van der Waals surface area (Å²) >= 11 is 0. The Bertz CT molecular complexity index is 616. The lowest BCUT2D eigenvalue weighted by Crippen LogP contribution is -2.09. The quantitative estimate of drug-likeness (QED) is 0.911. The van der Waals surface area contributed by atoms with Gasteiger partial charge in [0.2, 0.25) is 0 Å². The van der Waals surface area contributed by atoms with Gasteiger partial charge in [0.15, 0.2) is 0 Å². The van der Waals surface area contributed by atoms with Gasteiger partial charge in [0, 0.05) is 30.1 Å². The lowest BCUT2D eigenvalue weighted by Gasteiger charge is -2.07. The fourth-order valence-corrected chi connectivity index (χ4v) is 2.26. The molecule has 6 heteroatoms. The number of hydrogen-bond donors (Lipinski definition) is 1. The Labute approximate surface area is 113 Å². The van der Waals surface area contributed by atoms with Crippen molar-refractivity contribution in [3.05, 3.63) is 36.0 Å². The normalized spacial score (nSPS) is 11.9. The Morgan fingerprint density at radius 2 is 1.95 bits per heavy atom. The van der Waals surface area contributed by atoms with Crippen LogP contribution in [-0.2, 0) is 17.8 Å². The summed E-state index contributed by atoms with van der Waals surface area (Å²) in [5.74, 6) is -0.955. The van der Waals surface area contributed by atoms with E-state index in [1.165, 1.54) is 0 Å². The lowest BCUT2D eigenvalue weighted by molar-refractivity contribution is -0.136. The second-order valence-electron chi connectivity index (χ2n) is 4.65. The van der Waals surface area contributed by atoms with Gasteiger partial charge in [-0.1, -0.05) is 18.2 Å². The van der Waals surface area contributed by atoms with E-state index in [-0.39, 0.29) is 19.4 Å². The number of halogens is 3. The summed E-state index contributed by atoms with van der Waals surface area (Å²) < 4.78 is 38.2. The molecule has 0 aliphatic heterocycles. The minimum atomic E-state index is -4.16. The van der Waals surface area contributed by atoms with E-state index in [0.717, 1.165) is 10.9 Å². The van der Waals surface area contributed by atoms with Crippen LogP contribution in [0, 0.1) is 0 Å². The molecule has 0 aliphatic carbocycles. The number of fused-ring (bicyclic) bond motifs is 1. The molecule has 0 spiro atoms. The maximum absolute atomic E-state index is 12.2. The van der Waals surface area contributed by atoms with Crippen LogP contribution < -0.4 is 0 Å². The van der Waals surface area contributed by atoms with Crippen molar-refractivity contribution in [2.24, 2.45) is 0 Å². The molecule has 0 unspecified atom stereocenters. The Morgan fingerprint density at radius 1 is 1.25 bits per heavy atom. The first kappa shape index (κ1) is 14.4. The predicted molar refractivity (Wildman–Crippen MR) is 68.6 cm³/mol.